The average Bonchev–Trinajstić information content (AvgIpc) is 2.99. The zero-order valence-electron chi connectivity index (χ0n) is 24.8. The summed E-state index contributed by atoms with van der Waals surface area (Å²) in [5.74, 6) is -0.800. The van der Waals surface area contributed by atoms with E-state index in [1.807, 2.05) is 105 Å². The quantitative estimate of drug-likeness (QED) is 0.193. The highest BCUT2D eigenvalue weighted by Crippen LogP contribution is 2.13. The SMILES string of the molecule is CC(C)[C@H](NC(=O)CCCc1ccccc1)C(=O)N[C@@H](Cc1ccccc1)[C@@H](O)CCC(=O)NCCc1ccccc1. The Morgan fingerprint density at radius 3 is 1.81 bits per heavy atom. The van der Waals surface area contributed by atoms with Crippen LogP contribution in [0.4, 0.5) is 0 Å². The molecule has 0 fully saturated rings. The molecule has 0 saturated heterocycles. The second-order valence-corrected chi connectivity index (χ2v) is 11.1. The Morgan fingerprint density at radius 1 is 0.690 bits per heavy atom. The molecule has 3 amide bonds. The Kier molecular flexibility index (Phi) is 13.8. The van der Waals surface area contributed by atoms with Crippen molar-refractivity contribution in [2.45, 2.75) is 77.0 Å². The Morgan fingerprint density at radius 2 is 1.24 bits per heavy atom. The minimum atomic E-state index is -0.941. The highest BCUT2D eigenvalue weighted by Gasteiger charge is 2.29. The first-order valence-corrected chi connectivity index (χ1v) is 15.0. The number of nitrogens with one attached hydrogen (secondary N) is 3. The molecule has 3 aromatic rings. The van der Waals surface area contributed by atoms with Crippen LogP contribution in [0.2, 0.25) is 0 Å². The molecule has 4 N–H and O–H groups in total. The summed E-state index contributed by atoms with van der Waals surface area (Å²) in [6.07, 6.45) is 2.33. The molecule has 7 heteroatoms. The van der Waals surface area contributed by atoms with Gasteiger partial charge in [0.25, 0.3) is 0 Å². The third-order valence-corrected chi connectivity index (χ3v) is 7.31. The molecule has 3 aromatic carbocycles. The van der Waals surface area contributed by atoms with Crippen molar-refractivity contribution in [1.82, 2.24) is 16.0 Å². The van der Waals surface area contributed by atoms with Gasteiger partial charge in [0.05, 0.1) is 12.1 Å². The summed E-state index contributed by atoms with van der Waals surface area (Å²) in [6, 6.07) is 28.2. The molecule has 0 saturated carbocycles. The summed E-state index contributed by atoms with van der Waals surface area (Å²) >= 11 is 0. The van der Waals surface area contributed by atoms with Crippen LogP contribution in [-0.4, -0.2) is 47.6 Å². The number of amides is 3. The van der Waals surface area contributed by atoms with Crippen molar-refractivity contribution in [3.63, 3.8) is 0 Å². The van der Waals surface area contributed by atoms with Crippen molar-refractivity contribution in [3.8, 4) is 0 Å². The molecule has 7 nitrogen and oxygen atoms in total. The topological polar surface area (TPSA) is 108 Å². The van der Waals surface area contributed by atoms with E-state index in [9.17, 15) is 19.5 Å². The summed E-state index contributed by atoms with van der Waals surface area (Å²) in [4.78, 5) is 38.6. The van der Waals surface area contributed by atoms with E-state index in [2.05, 4.69) is 16.0 Å². The molecule has 3 atom stereocenters. The number of rotatable bonds is 17. The molecule has 0 aliphatic carbocycles. The van der Waals surface area contributed by atoms with E-state index >= 15 is 0 Å². The zero-order chi connectivity index (χ0) is 30.2. The van der Waals surface area contributed by atoms with E-state index in [1.54, 1.807) is 0 Å². The van der Waals surface area contributed by atoms with Gasteiger partial charge in [-0.05, 0) is 54.7 Å². The van der Waals surface area contributed by atoms with Gasteiger partial charge in [-0.15, -0.1) is 0 Å². The van der Waals surface area contributed by atoms with Gasteiger partial charge in [0.2, 0.25) is 17.7 Å². The summed E-state index contributed by atoms with van der Waals surface area (Å²) in [7, 11) is 0. The minimum Gasteiger partial charge on any atom is -0.391 e. The molecular formula is C35H45N3O4. The maximum atomic E-state index is 13.4. The largest absolute Gasteiger partial charge is 0.391 e. The summed E-state index contributed by atoms with van der Waals surface area (Å²) < 4.78 is 0. The lowest BCUT2D eigenvalue weighted by molar-refractivity contribution is -0.131. The van der Waals surface area contributed by atoms with Crippen LogP contribution in [0.15, 0.2) is 91.0 Å². The smallest absolute Gasteiger partial charge is 0.243 e. The molecule has 0 heterocycles. The maximum absolute atomic E-state index is 13.4. The maximum Gasteiger partial charge on any atom is 0.243 e. The molecule has 0 bridgehead atoms. The number of aliphatic hydroxyl groups is 1. The van der Waals surface area contributed by atoms with Crippen LogP contribution >= 0.6 is 0 Å². The number of carbonyl (C=O) groups excluding carboxylic acids is 3. The number of aryl methyl sites for hydroxylation is 1. The summed E-state index contributed by atoms with van der Waals surface area (Å²) in [5.41, 5.74) is 3.28. The van der Waals surface area contributed by atoms with Crippen LogP contribution in [-0.2, 0) is 33.6 Å². The van der Waals surface area contributed by atoms with E-state index in [1.165, 1.54) is 5.56 Å². The zero-order valence-corrected chi connectivity index (χ0v) is 24.8. The van der Waals surface area contributed by atoms with Crippen LogP contribution in [0.3, 0.4) is 0 Å². The van der Waals surface area contributed by atoms with Gasteiger partial charge in [-0.2, -0.15) is 0 Å². The second-order valence-electron chi connectivity index (χ2n) is 11.1. The Balaban J connectivity index is 1.54. The molecule has 0 aromatic heterocycles. The standard InChI is InChI=1S/C35H45N3O4/c1-26(2)34(38-33(41)20-12-19-27-13-6-3-7-14-27)35(42)37-30(25-29-17-10-5-11-18-29)31(39)21-22-32(40)36-24-23-28-15-8-4-9-16-28/h3-11,13-18,26,30-31,34,39H,12,19-25H2,1-2H3,(H,36,40)(H,37,42)(H,38,41)/t30-,31-,34-/m0/s1. The van der Waals surface area contributed by atoms with Crippen LogP contribution < -0.4 is 16.0 Å². The van der Waals surface area contributed by atoms with Crippen LogP contribution in [0, 0.1) is 5.92 Å². The van der Waals surface area contributed by atoms with Gasteiger partial charge >= 0.3 is 0 Å². The highest BCUT2D eigenvalue weighted by atomic mass is 16.3. The fraction of sp³-hybridized carbons (Fsp3) is 0.400. The average molecular weight is 572 g/mol. The Labute approximate surface area is 250 Å². The summed E-state index contributed by atoms with van der Waals surface area (Å²) in [6.45, 7) is 4.29. The molecule has 0 unspecified atom stereocenters. The van der Waals surface area contributed by atoms with Gasteiger partial charge in [-0.1, -0.05) is 105 Å². The van der Waals surface area contributed by atoms with Crippen molar-refractivity contribution in [2.24, 2.45) is 5.92 Å². The first-order chi connectivity index (χ1) is 20.3. The van der Waals surface area contributed by atoms with Crippen LogP contribution in [0.25, 0.3) is 0 Å². The first kappa shape index (κ1) is 32.5. The number of hydrogen-bond acceptors (Lipinski definition) is 4. The monoisotopic (exact) mass is 571 g/mol. The van der Waals surface area contributed by atoms with E-state index in [-0.39, 0.29) is 36.5 Å². The molecule has 0 aliphatic heterocycles. The third-order valence-electron chi connectivity index (χ3n) is 7.31. The van der Waals surface area contributed by atoms with Crippen molar-refractivity contribution in [1.29, 1.82) is 0 Å². The van der Waals surface area contributed by atoms with Crippen molar-refractivity contribution in [3.05, 3.63) is 108 Å². The van der Waals surface area contributed by atoms with Crippen LogP contribution in [0.1, 0.15) is 56.2 Å². The Bertz CT molecular complexity index is 1220. The first-order valence-electron chi connectivity index (χ1n) is 15.0. The van der Waals surface area contributed by atoms with E-state index in [4.69, 9.17) is 0 Å². The van der Waals surface area contributed by atoms with Gasteiger partial charge in [0, 0.05) is 19.4 Å². The second kappa shape index (κ2) is 17.8. The van der Waals surface area contributed by atoms with Gasteiger partial charge in [0.1, 0.15) is 6.04 Å². The fourth-order valence-electron chi connectivity index (χ4n) is 4.86. The van der Waals surface area contributed by atoms with Crippen molar-refractivity contribution >= 4 is 17.7 Å². The van der Waals surface area contributed by atoms with Gasteiger partial charge < -0.3 is 21.1 Å². The number of carbonyl (C=O) groups is 3. The minimum absolute atomic E-state index is 0.141. The fourth-order valence-corrected chi connectivity index (χ4v) is 4.86. The van der Waals surface area contributed by atoms with Crippen molar-refractivity contribution < 1.29 is 19.5 Å². The van der Waals surface area contributed by atoms with E-state index < -0.39 is 18.2 Å². The molecular weight excluding hydrogens is 526 g/mol. The summed E-state index contributed by atoms with van der Waals surface area (Å²) in [5, 5.41) is 19.9. The van der Waals surface area contributed by atoms with Gasteiger partial charge in [-0.3, -0.25) is 14.4 Å². The van der Waals surface area contributed by atoms with Gasteiger partial charge in [0.15, 0.2) is 0 Å². The predicted octanol–water partition coefficient (Wildman–Crippen LogP) is 4.38. The molecule has 0 radical (unpaired) electrons. The lowest BCUT2D eigenvalue weighted by Crippen LogP contribution is -2.55. The number of hydrogen-bond donors (Lipinski definition) is 4. The molecule has 3 rings (SSSR count). The van der Waals surface area contributed by atoms with Gasteiger partial charge in [-0.25, -0.2) is 0 Å². The van der Waals surface area contributed by atoms with Crippen LogP contribution in [0.5, 0.6) is 0 Å². The normalized spacial score (nSPS) is 13.1. The Hall–Kier alpha value is -3.97. The highest BCUT2D eigenvalue weighted by molar-refractivity contribution is 5.88. The molecule has 0 spiro atoms. The third kappa shape index (κ3) is 11.9. The number of aliphatic hydroxyl groups excluding tert-OH is 1. The lowest BCUT2D eigenvalue weighted by Gasteiger charge is -2.28. The number of benzene rings is 3. The molecule has 0 aliphatic rings. The van der Waals surface area contributed by atoms with E-state index in [0.717, 1.165) is 24.0 Å². The van der Waals surface area contributed by atoms with Crippen molar-refractivity contribution in [2.75, 3.05) is 6.54 Å². The predicted molar refractivity (Wildman–Crippen MR) is 167 cm³/mol. The van der Waals surface area contributed by atoms with E-state index in [0.29, 0.717) is 25.8 Å². The lowest BCUT2D eigenvalue weighted by atomic mass is 9.96. The molecule has 42 heavy (non-hydrogen) atoms. The molecule has 224 valence electrons.